The van der Waals surface area contributed by atoms with Gasteiger partial charge in [0.15, 0.2) is 0 Å². The molecule has 1 aromatic rings. The van der Waals surface area contributed by atoms with Crippen LogP contribution in [0.5, 0.6) is 0 Å². The number of hydrogen-bond acceptors (Lipinski definition) is 3. The van der Waals surface area contributed by atoms with Crippen molar-refractivity contribution in [3.05, 3.63) is 23.8 Å². The van der Waals surface area contributed by atoms with Crippen LogP contribution in [0.3, 0.4) is 0 Å². The first kappa shape index (κ1) is 15.6. The monoisotopic (exact) mass is 276 g/mol. The number of nitrogen functional groups attached to an aromatic ring is 1. The molecule has 0 amide bonds. The molecule has 0 saturated carbocycles. The molecule has 0 atom stereocenters. The lowest BCUT2D eigenvalue weighted by Crippen LogP contribution is -2.36. The van der Waals surface area contributed by atoms with Crippen LogP contribution in [0.2, 0.25) is 0 Å². The summed E-state index contributed by atoms with van der Waals surface area (Å²) in [5.41, 5.74) is 5.75. The normalized spacial score (nSPS) is 15.7. The lowest BCUT2D eigenvalue weighted by Gasteiger charge is -2.30. The van der Waals surface area contributed by atoms with Gasteiger partial charge < -0.3 is 15.4 Å². The second kappa shape index (κ2) is 6.65. The van der Waals surface area contributed by atoms with E-state index in [-0.39, 0.29) is 5.69 Å². The van der Waals surface area contributed by atoms with E-state index in [1.54, 1.807) is 0 Å². The number of hydrogen-bond donors (Lipinski definition) is 1. The van der Waals surface area contributed by atoms with Crippen LogP contribution < -0.4 is 10.6 Å². The molecule has 3 nitrogen and oxygen atoms in total. The molecule has 0 aliphatic carbocycles. The van der Waals surface area contributed by atoms with Gasteiger partial charge in [-0.1, -0.05) is 13.8 Å². The molecule has 0 unspecified atom stereocenters. The third-order valence-electron chi connectivity index (χ3n) is 2.71. The highest BCUT2D eigenvalue weighted by Gasteiger charge is 2.31. The number of halogens is 3. The number of nitrogens with two attached hydrogens (primary N) is 1. The van der Waals surface area contributed by atoms with E-state index in [9.17, 15) is 13.2 Å². The second-order valence-corrected chi connectivity index (χ2v) is 3.87. The fourth-order valence-electron chi connectivity index (χ4n) is 1.82. The van der Waals surface area contributed by atoms with Crippen LogP contribution >= 0.6 is 0 Å². The summed E-state index contributed by atoms with van der Waals surface area (Å²) in [5, 5.41) is 0. The highest BCUT2D eigenvalue weighted by atomic mass is 19.4. The second-order valence-electron chi connectivity index (χ2n) is 3.87. The van der Waals surface area contributed by atoms with Crippen LogP contribution in [0.1, 0.15) is 19.4 Å². The Labute approximate surface area is 111 Å². The van der Waals surface area contributed by atoms with Crippen molar-refractivity contribution in [1.29, 1.82) is 0 Å². The van der Waals surface area contributed by atoms with Gasteiger partial charge in [-0.3, -0.25) is 0 Å². The first-order chi connectivity index (χ1) is 8.98. The molecule has 2 rings (SSSR count). The van der Waals surface area contributed by atoms with Crippen LogP contribution in [-0.2, 0) is 10.9 Å². The van der Waals surface area contributed by atoms with Gasteiger partial charge in [0.25, 0.3) is 0 Å². The number of benzene rings is 1. The zero-order valence-electron chi connectivity index (χ0n) is 11.1. The Hall–Kier alpha value is -1.43. The van der Waals surface area contributed by atoms with Crippen molar-refractivity contribution < 1.29 is 17.9 Å². The summed E-state index contributed by atoms with van der Waals surface area (Å²) in [6.07, 6.45) is -4.35. The van der Waals surface area contributed by atoms with E-state index in [0.717, 1.165) is 12.1 Å². The van der Waals surface area contributed by atoms with Crippen molar-refractivity contribution >= 4 is 11.4 Å². The summed E-state index contributed by atoms with van der Waals surface area (Å²) in [6, 6.07) is 3.45. The Balaban J connectivity index is 0.000000861. The van der Waals surface area contributed by atoms with E-state index >= 15 is 0 Å². The van der Waals surface area contributed by atoms with E-state index in [4.69, 9.17) is 10.5 Å². The molecule has 0 bridgehead atoms. The van der Waals surface area contributed by atoms with Gasteiger partial charge in [0.2, 0.25) is 0 Å². The summed E-state index contributed by atoms with van der Waals surface area (Å²) in [6.45, 7) is 6.44. The van der Waals surface area contributed by atoms with E-state index < -0.39 is 11.7 Å². The number of nitrogens with zero attached hydrogens (tertiary/aromatic N) is 1. The lowest BCUT2D eigenvalue weighted by molar-refractivity contribution is -0.137. The topological polar surface area (TPSA) is 38.5 Å². The average molecular weight is 276 g/mol. The minimum Gasteiger partial charge on any atom is -0.397 e. The van der Waals surface area contributed by atoms with Gasteiger partial charge in [0, 0.05) is 13.1 Å². The Morgan fingerprint density at radius 1 is 1.16 bits per heavy atom. The molecule has 1 saturated heterocycles. The Morgan fingerprint density at radius 2 is 1.74 bits per heavy atom. The Bertz CT molecular complexity index is 401. The van der Waals surface area contributed by atoms with E-state index in [1.165, 1.54) is 6.07 Å². The predicted molar refractivity (Wildman–Crippen MR) is 70.2 cm³/mol. The summed E-state index contributed by atoms with van der Waals surface area (Å²) in [5.74, 6) is 0. The quantitative estimate of drug-likeness (QED) is 0.801. The van der Waals surface area contributed by atoms with Crippen LogP contribution in [0.25, 0.3) is 0 Å². The van der Waals surface area contributed by atoms with Crippen molar-refractivity contribution in [3.63, 3.8) is 0 Å². The van der Waals surface area contributed by atoms with Crippen LogP contribution in [0.4, 0.5) is 24.5 Å². The molecular formula is C13H19F3N2O. The molecule has 19 heavy (non-hydrogen) atoms. The van der Waals surface area contributed by atoms with Gasteiger partial charge in [-0.2, -0.15) is 13.2 Å². The highest BCUT2D eigenvalue weighted by molar-refractivity contribution is 5.68. The molecule has 2 N–H and O–H groups in total. The molecule has 0 aromatic heterocycles. The zero-order chi connectivity index (χ0) is 14.5. The third-order valence-corrected chi connectivity index (χ3v) is 2.71. The van der Waals surface area contributed by atoms with Gasteiger partial charge in [0.05, 0.1) is 30.2 Å². The number of ether oxygens (including phenoxy) is 1. The van der Waals surface area contributed by atoms with Crippen LogP contribution in [-0.4, -0.2) is 26.3 Å². The van der Waals surface area contributed by atoms with Crippen molar-refractivity contribution in [2.24, 2.45) is 0 Å². The molecule has 1 aliphatic heterocycles. The van der Waals surface area contributed by atoms with E-state index in [0.29, 0.717) is 32.0 Å². The molecule has 6 heteroatoms. The molecule has 108 valence electrons. The van der Waals surface area contributed by atoms with Gasteiger partial charge in [-0.25, -0.2) is 0 Å². The van der Waals surface area contributed by atoms with Gasteiger partial charge in [-0.05, 0) is 18.2 Å². The fourth-order valence-corrected chi connectivity index (χ4v) is 1.82. The molecule has 1 fully saturated rings. The molecule has 1 aliphatic rings. The van der Waals surface area contributed by atoms with Crippen LogP contribution in [0.15, 0.2) is 18.2 Å². The van der Waals surface area contributed by atoms with Crippen molar-refractivity contribution in [1.82, 2.24) is 0 Å². The standard InChI is InChI=1S/C11H13F3N2O.C2H6/c12-11(13,14)8-1-2-10(9(15)7-8)16-3-5-17-6-4-16;1-2/h1-2,7H,3-6,15H2;1-2H3. The summed E-state index contributed by atoms with van der Waals surface area (Å²) < 4.78 is 42.5. The number of anilines is 2. The third kappa shape index (κ3) is 4.02. The van der Waals surface area contributed by atoms with Gasteiger partial charge in [-0.15, -0.1) is 0 Å². The Morgan fingerprint density at radius 3 is 2.21 bits per heavy atom. The van der Waals surface area contributed by atoms with Gasteiger partial charge >= 0.3 is 6.18 Å². The van der Waals surface area contributed by atoms with Crippen molar-refractivity contribution in [2.45, 2.75) is 20.0 Å². The zero-order valence-corrected chi connectivity index (χ0v) is 11.1. The maximum Gasteiger partial charge on any atom is 0.416 e. The van der Waals surface area contributed by atoms with E-state index in [1.807, 2.05) is 18.7 Å². The Kier molecular flexibility index (Phi) is 5.47. The molecule has 1 heterocycles. The predicted octanol–water partition coefficient (Wildman–Crippen LogP) is 3.15. The minimum atomic E-state index is -4.35. The molecule has 0 spiro atoms. The maximum absolute atomic E-state index is 12.5. The first-order valence-electron chi connectivity index (χ1n) is 6.28. The van der Waals surface area contributed by atoms with Crippen molar-refractivity contribution in [3.8, 4) is 0 Å². The average Bonchev–Trinajstić information content (AvgIpc) is 2.41. The first-order valence-corrected chi connectivity index (χ1v) is 6.28. The number of rotatable bonds is 1. The highest BCUT2D eigenvalue weighted by Crippen LogP contribution is 2.34. The molecular weight excluding hydrogens is 257 g/mol. The summed E-state index contributed by atoms with van der Waals surface area (Å²) >= 11 is 0. The number of morpholine rings is 1. The smallest absolute Gasteiger partial charge is 0.397 e. The minimum absolute atomic E-state index is 0.154. The van der Waals surface area contributed by atoms with Gasteiger partial charge in [0.1, 0.15) is 0 Å². The summed E-state index contributed by atoms with van der Waals surface area (Å²) in [4.78, 5) is 1.93. The number of alkyl halides is 3. The van der Waals surface area contributed by atoms with Crippen molar-refractivity contribution in [2.75, 3.05) is 36.9 Å². The molecule has 1 aromatic carbocycles. The SMILES string of the molecule is CC.Nc1cc(C(F)(F)F)ccc1N1CCOCC1. The van der Waals surface area contributed by atoms with E-state index in [2.05, 4.69) is 0 Å². The maximum atomic E-state index is 12.5. The summed E-state index contributed by atoms with van der Waals surface area (Å²) in [7, 11) is 0. The fraction of sp³-hybridized carbons (Fsp3) is 0.538. The van der Waals surface area contributed by atoms with Crippen LogP contribution in [0, 0.1) is 0 Å². The largest absolute Gasteiger partial charge is 0.416 e. The molecule has 0 radical (unpaired) electrons. The lowest BCUT2D eigenvalue weighted by atomic mass is 10.1.